The summed E-state index contributed by atoms with van der Waals surface area (Å²) in [7, 11) is 0. The van der Waals surface area contributed by atoms with Gasteiger partial charge in [-0.1, -0.05) is 24.6 Å². The molecular weight excluding hydrogens is 277 g/mol. The SMILES string of the molecule is CCCNC(Cc1c(F)cccc1Cl)C1=COCCC1. The van der Waals surface area contributed by atoms with Gasteiger partial charge in [-0.25, -0.2) is 4.39 Å². The summed E-state index contributed by atoms with van der Waals surface area (Å²) < 4.78 is 19.3. The Labute approximate surface area is 125 Å². The van der Waals surface area contributed by atoms with Crippen LogP contribution in [0.4, 0.5) is 4.39 Å². The Morgan fingerprint density at radius 2 is 2.30 bits per heavy atom. The van der Waals surface area contributed by atoms with Crippen molar-refractivity contribution in [3.05, 3.63) is 46.4 Å². The molecule has 1 atom stereocenters. The minimum Gasteiger partial charge on any atom is -0.501 e. The van der Waals surface area contributed by atoms with Crippen molar-refractivity contribution < 1.29 is 9.13 Å². The van der Waals surface area contributed by atoms with Gasteiger partial charge in [0, 0.05) is 16.6 Å². The van der Waals surface area contributed by atoms with Crippen LogP contribution in [0.25, 0.3) is 0 Å². The van der Waals surface area contributed by atoms with E-state index >= 15 is 0 Å². The van der Waals surface area contributed by atoms with E-state index in [1.54, 1.807) is 12.1 Å². The normalized spacial score (nSPS) is 16.4. The molecule has 0 spiro atoms. The van der Waals surface area contributed by atoms with Gasteiger partial charge >= 0.3 is 0 Å². The molecular formula is C16H21ClFNO. The van der Waals surface area contributed by atoms with E-state index in [2.05, 4.69) is 12.2 Å². The molecule has 1 aliphatic rings. The number of benzene rings is 1. The Morgan fingerprint density at radius 1 is 1.45 bits per heavy atom. The third-order valence-electron chi connectivity index (χ3n) is 3.52. The van der Waals surface area contributed by atoms with Gasteiger partial charge in [-0.2, -0.15) is 0 Å². The summed E-state index contributed by atoms with van der Waals surface area (Å²) in [6, 6.07) is 4.93. The fourth-order valence-corrected chi connectivity index (χ4v) is 2.67. The van der Waals surface area contributed by atoms with Crippen LogP contribution in [0, 0.1) is 5.82 Å². The standard InChI is InChI=1S/C16H21ClFNO/c1-2-8-19-16(12-5-4-9-20-11-12)10-13-14(17)6-3-7-15(13)18/h3,6-7,11,16,19H,2,4-5,8-10H2,1H3. The van der Waals surface area contributed by atoms with Crippen molar-refractivity contribution in [2.24, 2.45) is 0 Å². The Hall–Kier alpha value is -1.06. The molecule has 20 heavy (non-hydrogen) atoms. The predicted molar refractivity (Wildman–Crippen MR) is 80.5 cm³/mol. The highest BCUT2D eigenvalue weighted by Gasteiger charge is 2.20. The molecule has 0 fully saturated rings. The summed E-state index contributed by atoms with van der Waals surface area (Å²) in [4.78, 5) is 0. The molecule has 1 unspecified atom stereocenters. The van der Waals surface area contributed by atoms with Gasteiger partial charge in [-0.3, -0.25) is 0 Å². The van der Waals surface area contributed by atoms with Crippen molar-refractivity contribution in [2.75, 3.05) is 13.2 Å². The summed E-state index contributed by atoms with van der Waals surface area (Å²) in [5, 5.41) is 3.96. The van der Waals surface area contributed by atoms with Gasteiger partial charge in [0.15, 0.2) is 0 Å². The highest BCUT2D eigenvalue weighted by Crippen LogP contribution is 2.25. The molecule has 1 aromatic rings. The first-order valence-corrected chi connectivity index (χ1v) is 7.57. The van der Waals surface area contributed by atoms with E-state index in [1.807, 2.05) is 6.26 Å². The van der Waals surface area contributed by atoms with Crippen molar-refractivity contribution in [3.63, 3.8) is 0 Å². The molecule has 0 aromatic heterocycles. The van der Waals surface area contributed by atoms with Crippen molar-refractivity contribution in [3.8, 4) is 0 Å². The lowest BCUT2D eigenvalue weighted by Crippen LogP contribution is -2.35. The smallest absolute Gasteiger partial charge is 0.127 e. The Bertz CT molecular complexity index is 455. The number of halogens is 2. The van der Waals surface area contributed by atoms with Crippen LogP contribution in [0.15, 0.2) is 30.0 Å². The molecule has 0 radical (unpaired) electrons. The lowest BCUT2D eigenvalue weighted by molar-refractivity contribution is 0.219. The number of ether oxygens (including phenoxy) is 1. The van der Waals surface area contributed by atoms with Crippen LogP contribution in [-0.2, 0) is 11.2 Å². The Morgan fingerprint density at radius 3 is 2.95 bits per heavy atom. The monoisotopic (exact) mass is 297 g/mol. The number of hydrogen-bond donors (Lipinski definition) is 1. The fraction of sp³-hybridized carbons (Fsp3) is 0.500. The minimum atomic E-state index is -0.238. The van der Waals surface area contributed by atoms with Crippen molar-refractivity contribution >= 4 is 11.6 Å². The molecule has 1 heterocycles. The summed E-state index contributed by atoms with van der Waals surface area (Å²) in [6.45, 7) is 3.78. The third kappa shape index (κ3) is 3.97. The summed E-state index contributed by atoms with van der Waals surface area (Å²) in [6.07, 6.45) is 5.43. The number of rotatable bonds is 6. The summed E-state index contributed by atoms with van der Waals surface area (Å²) >= 11 is 6.13. The van der Waals surface area contributed by atoms with E-state index in [9.17, 15) is 4.39 Å². The molecule has 110 valence electrons. The van der Waals surface area contributed by atoms with Crippen LogP contribution in [0.2, 0.25) is 5.02 Å². The van der Waals surface area contributed by atoms with E-state index in [4.69, 9.17) is 16.3 Å². The zero-order chi connectivity index (χ0) is 14.4. The van der Waals surface area contributed by atoms with Crippen LogP contribution in [0.5, 0.6) is 0 Å². The van der Waals surface area contributed by atoms with E-state index in [0.29, 0.717) is 17.0 Å². The van der Waals surface area contributed by atoms with Gasteiger partial charge in [0.1, 0.15) is 5.82 Å². The third-order valence-corrected chi connectivity index (χ3v) is 3.87. The van der Waals surface area contributed by atoms with E-state index in [-0.39, 0.29) is 11.9 Å². The van der Waals surface area contributed by atoms with Gasteiger partial charge in [0.05, 0.1) is 12.9 Å². The first-order valence-electron chi connectivity index (χ1n) is 7.19. The highest BCUT2D eigenvalue weighted by atomic mass is 35.5. The molecule has 2 rings (SSSR count). The fourth-order valence-electron chi connectivity index (χ4n) is 2.43. The summed E-state index contributed by atoms with van der Waals surface area (Å²) in [5.74, 6) is -0.238. The molecule has 4 heteroatoms. The second kappa shape index (κ2) is 7.65. The zero-order valence-electron chi connectivity index (χ0n) is 11.8. The maximum Gasteiger partial charge on any atom is 0.127 e. The Kier molecular flexibility index (Phi) is 5.86. The molecule has 1 aliphatic heterocycles. The topological polar surface area (TPSA) is 21.3 Å². The second-order valence-electron chi connectivity index (χ2n) is 5.08. The summed E-state index contributed by atoms with van der Waals surface area (Å²) in [5.41, 5.74) is 1.78. The number of nitrogens with one attached hydrogen (secondary N) is 1. The maximum absolute atomic E-state index is 13.9. The van der Waals surface area contributed by atoms with E-state index < -0.39 is 0 Å². The average molecular weight is 298 g/mol. The molecule has 1 N–H and O–H groups in total. The van der Waals surface area contributed by atoms with Gasteiger partial charge in [0.25, 0.3) is 0 Å². The minimum absolute atomic E-state index is 0.0876. The van der Waals surface area contributed by atoms with Gasteiger partial charge in [0.2, 0.25) is 0 Å². The average Bonchev–Trinajstić information content (AvgIpc) is 2.47. The van der Waals surface area contributed by atoms with Crippen molar-refractivity contribution in [1.29, 1.82) is 0 Å². The van der Waals surface area contributed by atoms with Gasteiger partial charge in [-0.05, 0) is 49.9 Å². The lowest BCUT2D eigenvalue weighted by atomic mass is 9.95. The zero-order valence-corrected chi connectivity index (χ0v) is 12.5. The molecule has 1 aromatic carbocycles. The quantitative estimate of drug-likeness (QED) is 0.854. The lowest BCUT2D eigenvalue weighted by Gasteiger charge is -2.25. The van der Waals surface area contributed by atoms with Crippen molar-refractivity contribution in [2.45, 2.75) is 38.6 Å². The van der Waals surface area contributed by atoms with Gasteiger partial charge in [-0.15, -0.1) is 0 Å². The van der Waals surface area contributed by atoms with Crippen LogP contribution in [-0.4, -0.2) is 19.2 Å². The van der Waals surface area contributed by atoms with Gasteiger partial charge < -0.3 is 10.1 Å². The van der Waals surface area contributed by atoms with Crippen LogP contribution in [0.3, 0.4) is 0 Å². The second-order valence-corrected chi connectivity index (χ2v) is 5.49. The van der Waals surface area contributed by atoms with Crippen LogP contribution in [0.1, 0.15) is 31.7 Å². The Balaban J connectivity index is 2.16. The molecule has 0 saturated heterocycles. The molecule has 0 saturated carbocycles. The first kappa shape index (κ1) is 15.3. The molecule has 2 nitrogen and oxygen atoms in total. The van der Waals surface area contributed by atoms with Crippen LogP contribution >= 0.6 is 11.6 Å². The number of hydrogen-bond acceptors (Lipinski definition) is 2. The maximum atomic E-state index is 13.9. The first-order chi connectivity index (χ1) is 9.72. The van der Waals surface area contributed by atoms with E-state index in [1.165, 1.54) is 11.6 Å². The molecule has 0 aliphatic carbocycles. The molecule has 0 amide bonds. The predicted octanol–water partition coefficient (Wildman–Crippen LogP) is 4.08. The van der Waals surface area contributed by atoms with Crippen molar-refractivity contribution in [1.82, 2.24) is 5.32 Å². The highest BCUT2D eigenvalue weighted by molar-refractivity contribution is 6.31. The molecule has 0 bridgehead atoms. The van der Waals surface area contributed by atoms with Crippen LogP contribution < -0.4 is 5.32 Å². The largest absolute Gasteiger partial charge is 0.501 e. The van der Waals surface area contributed by atoms with E-state index in [0.717, 1.165) is 32.4 Å².